The average molecular weight is 314 g/mol. The summed E-state index contributed by atoms with van der Waals surface area (Å²) < 4.78 is 13.5. The minimum Gasteiger partial charge on any atom is -0.385 e. The second kappa shape index (κ2) is 8.32. The Kier molecular flexibility index (Phi) is 6.15. The summed E-state index contributed by atoms with van der Waals surface area (Å²) in [5.41, 5.74) is 2.13. The van der Waals surface area contributed by atoms with E-state index in [0.717, 1.165) is 18.7 Å². The van der Waals surface area contributed by atoms with Gasteiger partial charge in [-0.2, -0.15) is 0 Å². The summed E-state index contributed by atoms with van der Waals surface area (Å²) in [6.07, 6.45) is 1.14. The molecule has 2 aromatic rings. The topological polar surface area (TPSA) is 41.1 Å². The van der Waals surface area contributed by atoms with Crippen molar-refractivity contribution in [2.75, 3.05) is 17.2 Å². The van der Waals surface area contributed by atoms with E-state index in [0.29, 0.717) is 17.2 Å². The molecule has 0 fully saturated rings. The van der Waals surface area contributed by atoms with Gasteiger partial charge in [0.15, 0.2) is 0 Å². The molecule has 4 heteroatoms. The summed E-state index contributed by atoms with van der Waals surface area (Å²) in [5, 5.41) is 6.13. The van der Waals surface area contributed by atoms with E-state index < -0.39 is 0 Å². The van der Waals surface area contributed by atoms with Gasteiger partial charge in [0.05, 0.1) is 6.42 Å². The van der Waals surface area contributed by atoms with Crippen molar-refractivity contribution in [2.45, 2.75) is 26.7 Å². The van der Waals surface area contributed by atoms with Gasteiger partial charge in [-0.25, -0.2) is 4.39 Å². The molecule has 0 aliphatic heterocycles. The summed E-state index contributed by atoms with van der Waals surface area (Å²) in [6.45, 7) is 5.31. The fourth-order valence-corrected chi connectivity index (χ4v) is 2.20. The van der Waals surface area contributed by atoms with Crippen molar-refractivity contribution in [1.82, 2.24) is 0 Å². The molecular formula is C19H23FN2O. The van der Waals surface area contributed by atoms with E-state index in [2.05, 4.69) is 24.5 Å². The molecule has 0 aliphatic carbocycles. The van der Waals surface area contributed by atoms with Crippen LogP contribution in [-0.4, -0.2) is 12.5 Å². The Morgan fingerprint density at radius 1 is 1.04 bits per heavy atom. The molecule has 2 rings (SSSR count). The van der Waals surface area contributed by atoms with Gasteiger partial charge in [-0.3, -0.25) is 4.79 Å². The number of carbonyl (C=O) groups is 1. The van der Waals surface area contributed by atoms with Gasteiger partial charge in [-0.15, -0.1) is 0 Å². The van der Waals surface area contributed by atoms with Crippen molar-refractivity contribution in [3.63, 3.8) is 0 Å². The number of hydrogen-bond acceptors (Lipinski definition) is 2. The number of hydrogen-bond donors (Lipinski definition) is 2. The third kappa shape index (κ3) is 5.74. The van der Waals surface area contributed by atoms with Crippen LogP contribution in [0.3, 0.4) is 0 Å². The minimum absolute atomic E-state index is 0.0288. The van der Waals surface area contributed by atoms with E-state index in [1.54, 1.807) is 18.2 Å². The first kappa shape index (κ1) is 17.0. The van der Waals surface area contributed by atoms with E-state index in [9.17, 15) is 9.18 Å². The summed E-state index contributed by atoms with van der Waals surface area (Å²) in [7, 11) is 0. The fraction of sp³-hybridized carbons (Fsp3) is 0.316. The van der Waals surface area contributed by atoms with Crippen LogP contribution < -0.4 is 10.6 Å². The number of halogens is 1. The van der Waals surface area contributed by atoms with Crippen LogP contribution in [0.2, 0.25) is 0 Å². The lowest BCUT2D eigenvalue weighted by Crippen LogP contribution is -2.15. The van der Waals surface area contributed by atoms with Crippen LogP contribution >= 0.6 is 0 Å². The third-order valence-corrected chi connectivity index (χ3v) is 3.53. The third-order valence-electron chi connectivity index (χ3n) is 3.53. The van der Waals surface area contributed by atoms with Crippen LogP contribution in [0.1, 0.15) is 25.8 Å². The van der Waals surface area contributed by atoms with Gasteiger partial charge in [0.2, 0.25) is 5.91 Å². The number of carbonyl (C=O) groups excluding carboxylic acids is 1. The number of nitrogens with one attached hydrogen (secondary N) is 2. The Hall–Kier alpha value is -2.36. The smallest absolute Gasteiger partial charge is 0.228 e. The zero-order chi connectivity index (χ0) is 16.7. The molecule has 0 saturated heterocycles. The van der Waals surface area contributed by atoms with Crippen LogP contribution in [0.15, 0.2) is 48.5 Å². The van der Waals surface area contributed by atoms with E-state index in [1.165, 1.54) is 6.07 Å². The monoisotopic (exact) mass is 314 g/mol. The second-order valence-electron chi connectivity index (χ2n) is 6.00. The zero-order valence-electron chi connectivity index (χ0n) is 13.6. The van der Waals surface area contributed by atoms with Crippen molar-refractivity contribution in [3.05, 3.63) is 59.9 Å². The molecule has 0 atom stereocenters. The molecule has 0 unspecified atom stereocenters. The molecule has 122 valence electrons. The average Bonchev–Trinajstić information content (AvgIpc) is 2.51. The molecule has 2 N–H and O–H groups in total. The van der Waals surface area contributed by atoms with Gasteiger partial charge in [-0.05, 0) is 48.2 Å². The normalized spacial score (nSPS) is 10.6. The molecular weight excluding hydrogens is 291 g/mol. The Morgan fingerprint density at radius 2 is 1.70 bits per heavy atom. The van der Waals surface area contributed by atoms with Gasteiger partial charge in [0.1, 0.15) is 5.82 Å². The molecule has 0 radical (unpaired) electrons. The Morgan fingerprint density at radius 3 is 2.35 bits per heavy atom. The number of rotatable bonds is 7. The van der Waals surface area contributed by atoms with E-state index in [1.807, 2.05) is 24.3 Å². The van der Waals surface area contributed by atoms with Gasteiger partial charge in [0, 0.05) is 17.9 Å². The fourth-order valence-electron chi connectivity index (χ4n) is 2.20. The summed E-state index contributed by atoms with van der Waals surface area (Å²) >= 11 is 0. The van der Waals surface area contributed by atoms with Gasteiger partial charge in [0.25, 0.3) is 0 Å². The first-order valence-electron chi connectivity index (χ1n) is 7.92. The highest BCUT2D eigenvalue weighted by Crippen LogP contribution is 2.15. The summed E-state index contributed by atoms with van der Waals surface area (Å²) in [4.78, 5) is 12.0. The first-order valence-corrected chi connectivity index (χ1v) is 7.92. The zero-order valence-corrected chi connectivity index (χ0v) is 13.6. The lowest BCUT2D eigenvalue weighted by Gasteiger charge is -2.10. The molecule has 0 aliphatic rings. The molecule has 3 nitrogen and oxygen atoms in total. The predicted molar refractivity (Wildman–Crippen MR) is 93.1 cm³/mol. The van der Waals surface area contributed by atoms with E-state index in [4.69, 9.17) is 0 Å². The maximum atomic E-state index is 13.5. The Balaban J connectivity index is 1.85. The highest BCUT2D eigenvalue weighted by molar-refractivity contribution is 5.92. The lowest BCUT2D eigenvalue weighted by atomic mass is 10.1. The first-order chi connectivity index (χ1) is 11.0. The SMILES string of the molecule is CC(C)CCNc1ccc(NC(=O)Cc2ccccc2F)cc1. The molecule has 2 aromatic carbocycles. The number of benzene rings is 2. The number of anilines is 2. The number of amides is 1. The lowest BCUT2D eigenvalue weighted by molar-refractivity contribution is -0.115. The maximum Gasteiger partial charge on any atom is 0.228 e. The van der Waals surface area contributed by atoms with Crippen molar-refractivity contribution >= 4 is 17.3 Å². The van der Waals surface area contributed by atoms with Gasteiger partial charge in [-0.1, -0.05) is 32.0 Å². The quantitative estimate of drug-likeness (QED) is 0.792. The molecule has 23 heavy (non-hydrogen) atoms. The van der Waals surface area contributed by atoms with Crippen LogP contribution in [-0.2, 0) is 11.2 Å². The molecule has 0 heterocycles. The molecule has 0 bridgehead atoms. The standard InChI is InChI=1S/C19H23FN2O/c1-14(2)11-12-21-16-7-9-17(10-8-16)22-19(23)13-15-5-3-4-6-18(15)20/h3-10,14,21H,11-13H2,1-2H3,(H,22,23). The van der Waals surface area contributed by atoms with E-state index >= 15 is 0 Å². The van der Waals surface area contributed by atoms with Crippen molar-refractivity contribution in [1.29, 1.82) is 0 Å². The van der Waals surface area contributed by atoms with Crippen molar-refractivity contribution in [2.24, 2.45) is 5.92 Å². The Labute approximate surface area is 136 Å². The largest absolute Gasteiger partial charge is 0.385 e. The van der Waals surface area contributed by atoms with Gasteiger partial charge < -0.3 is 10.6 Å². The summed E-state index contributed by atoms with van der Waals surface area (Å²) in [6, 6.07) is 13.9. The molecule has 0 saturated carbocycles. The molecule has 0 spiro atoms. The van der Waals surface area contributed by atoms with Crippen LogP contribution in [0, 0.1) is 11.7 Å². The van der Waals surface area contributed by atoms with Gasteiger partial charge >= 0.3 is 0 Å². The van der Waals surface area contributed by atoms with Crippen LogP contribution in [0.25, 0.3) is 0 Å². The summed E-state index contributed by atoms with van der Waals surface area (Å²) in [5.74, 6) is 0.0856. The highest BCUT2D eigenvalue weighted by Gasteiger charge is 2.07. The predicted octanol–water partition coefficient (Wildman–Crippen LogP) is 4.46. The minimum atomic E-state index is -0.354. The second-order valence-corrected chi connectivity index (χ2v) is 6.00. The molecule has 1 amide bonds. The van der Waals surface area contributed by atoms with E-state index in [-0.39, 0.29) is 18.1 Å². The van der Waals surface area contributed by atoms with Crippen LogP contribution in [0.5, 0.6) is 0 Å². The van der Waals surface area contributed by atoms with Crippen LogP contribution in [0.4, 0.5) is 15.8 Å². The molecule has 0 aromatic heterocycles. The highest BCUT2D eigenvalue weighted by atomic mass is 19.1. The maximum absolute atomic E-state index is 13.5. The van der Waals surface area contributed by atoms with Crippen molar-refractivity contribution in [3.8, 4) is 0 Å². The van der Waals surface area contributed by atoms with Crippen molar-refractivity contribution < 1.29 is 9.18 Å². The Bertz CT molecular complexity index is 638.